The Morgan fingerprint density at radius 2 is 1.67 bits per heavy atom. The van der Waals surface area contributed by atoms with Gasteiger partial charge in [-0.3, -0.25) is 4.79 Å². The van der Waals surface area contributed by atoms with E-state index in [1.165, 1.54) is 16.4 Å². The van der Waals surface area contributed by atoms with E-state index in [2.05, 4.69) is 0 Å². The third-order valence-electron chi connectivity index (χ3n) is 3.39. The Morgan fingerprint density at radius 1 is 1.12 bits per heavy atom. The van der Waals surface area contributed by atoms with E-state index in [0.29, 0.717) is 18.7 Å². The topological polar surface area (TPSA) is 66.5 Å². The highest BCUT2D eigenvalue weighted by molar-refractivity contribution is 7.89. The van der Waals surface area contributed by atoms with E-state index in [-0.39, 0.29) is 17.7 Å². The van der Waals surface area contributed by atoms with Gasteiger partial charge < -0.3 is 5.32 Å². The van der Waals surface area contributed by atoms with Crippen LogP contribution in [0.25, 0.3) is 0 Å². The molecule has 1 aromatic rings. The zero-order valence-electron chi connectivity index (χ0n) is 13.6. The van der Waals surface area contributed by atoms with Crippen LogP contribution in [0.1, 0.15) is 25.8 Å². The van der Waals surface area contributed by atoms with E-state index in [1.54, 1.807) is 31.3 Å². The van der Waals surface area contributed by atoms with E-state index in [9.17, 15) is 26.4 Å². The van der Waals surface area contributed by atoms with Gasteiger partial charge >= 0.3 is 6.18 Å². The number of nitrogens with zero attached hydrogens (tertiary/aromatic N) is 1. The van der Waals surface area contributed by atoms with Crippen molar-refractivity contribution in [1.82, 2.24) is 9.62 Å². The first-order valence-electron chi connectivity index (χ1n) is 7.52. The Hall–Kier alpha value is -1.61. The van der Waals surface area contributed by atoms with Crippen LogP contribution in [0, 0.1) is 0 Å². The molecule has 1 aromatic carbocycles. The summed E-state index contributed by atoms with van der Waals surface area (Å²) in [7, 11) is -3.55. The van der Waals surface area contributed by atoms with Gasteiger partial charge in [0.25, 0.3) is 0 Å². The molecule has 24 heavy (non-hydrogen) atoms. The Labute approximate surface area is 139 Å². The van der Waals surface area contributed by atoms with E-state index >= 15 is 0 Å². The minimum Gasteiger partial charge on any atom is -0.347 e. The van der Waals surface area contributed by atoms with Gasteiger partial charge in [0.05, 0.1) is 4.90 Å². The lowest BCUT2D eigenvalue weighted by Gasteiger charge is -2.18. The number of nitrogens with one attached hydrogen (secondary N) is 1. The van der Waals surface area contributed by atoms with Crippen molar-refractivity contribution < 1.29 is 26.4 Å². The number of aryl methyl sites for hydroxylation is 1. The third kappa shape index (κ3) is 6.12. The first kappa shape index (κ1) is 20.4. The highest BCUT2D eigenvalue weighted by Crippen LogP contribution is 2.17. The zero-order valence-corrected chi connectivity index (χ0v) is 14.4. The van der Waals surface area contributed by atoms with Crippen LogP contribution in [0.15, 0.2) is 29.2 Å². The van der Waals surface area contributed by atoms with Crippen LogP contribution in [0.5, 0.6) is 0 Å². The molecule has 0 radical (unpaired) electrons. The molecule has 0 spiro atoms. The average molecular weight is 366 g/mol. The van der Waals surface area contributed by atoms with Crippen LogP contribution < -0.4 is 5.32 Å². The fourth-order valence-corrected chi connectivity index (χ4v) is 3.54. The maximum absolute atomic E-state index is 12.3. The summed E-state index contributed by atoms with van der Waals surface area (Å²) in [6, 6.07) is 6.01. The molecule has 0 heterocycles. The van der Waals surface area contributed by atoms with Gasteiger partial charge in [0.1, 0.15) is 6.54 Å². The molecule has 0 unspecified atom stereocenters. The number of rotatable bonds is 8. The van der Waals surface area contributed by atoms with Crippen molar-refractivity contribution in [2.75, 3.05) is 19.6 Å². The standard InChI is InChI=1S/C15H21F3N2O3S/c1-3-20(4-2)24(22,23)13-8-5-12(6-9-13)7-10-14(21)19-11-15(16,17)18/h5-6,8-9H,3-4,7,10-11H2,1-2H3,(H,19,21). The number of hydrogen-bond donors (Lipinski definition) is 1. The van der Waals surface area contributed by atoms with Gasteiger partial charge in [0.15, 0.2) is 0 Å². The van der Waals surface area contributed by atoms with Crippen molar-refractivity contribution in [3.05, 3.63) is 29.8 Å². The molecule has 0 aliphatic carbocycles. The van der Waals surface area contributed by atoms with Crippen LogP contribution in [0.2, 0.25) is 0 Å². The molecular weight excluding hydrogens is 345 g/mol. The Morgan fingerprint density at radius 3 is 2.12 bits per heavy atom. The lowest BCUT2D eigenvalue weighted by atomic mass is 10.1. The zero-order chi connectivity index (χ0) is 18.4. The summed E-state index contributed by atoms with van der Waals surface area (Å²) in [4.78, 5) is 11.5. The summed E-state index contributed by atoms with van der Waals surface area (Å²) in [5.74, 6) is -0.702. The van der Waals surface area contributed by atoms with Crippen LogP contribution in [-0.2, 0) is 21.2 Å². The predicted octanol–water partition coefficient (Wildman–Crippen LogP) is 2.33. The van der Waals surface area contributed by atoms with Gasteiger partial charge in [-0.1, -0.05) is 26.0 Å². The van der Waals surface area contributed by atoms with Crippen molar-refractivity contribution in [2.24, 2.45) is 0 Å². The molecule has 5 nitrogen and oxygen atoms in total. The second-order valence-corrected chi connectivity index (χ2v) is 7.06. The number of hydrogen-bond acceptors (Lipinski definition) is 3. The first-order chi connectivity index (χ1) is 11.1. The summed E-state index contributed by atoms with van der Waals surface area (Å²) >= 11 is 0. The Kier molecular flexibility index (Phi) is 7.22. The number of sulfonamides is 1. The highest BCUT2D eigenvalue weighted by atomic mass is 32.2. The smallest absolute Gasteiger partial charge is 0.347 e. The van der Waals surface area contributed by atoms with Crippen molar-refractivity contribution in [1.29, 1.82) is 0 Å². The summed E-state index contributed by atoms with van der Waals surface area (Å²) in [6.45, 7) is 2.86. The van der Waals surface area contributed by atoms with Crippen LogP contribution in [-0.4, -0.2) is 44.4 Å². The van der Waals surface area contributed by atoms with Crippen molar-refractivity contribution >= 4 is 15.9 Å². The molecule has 0 aliphatic rings. The minimum atomic E-state index is -4.43. The fourth-order valence-electron chi connectivity index (χ4n) is 2.09. The van der Waals surface area contributed by atoms with Gasteiger partial charge in [0, 0.05) is 19.5 Å². The Bertz CT molecular complexity index is 639. The molecule has 0 saturated carbocycles. The maximum Gasteiger partial charge on any atom is 0.405 e. The molecule has 9 heteroatoms. The number of amides is 1. The molecule has 0 atom stereocenters. The highest BCUT2D eigenvalue weighted by Gasteiger charge is 2.27. The van der Waals surface area contributed by atoms with E-state index in [1.807, 2.05) is 0 Å². The van der Waals surface area contributed by atoms with Crippen molar-refractivity contribution in [3.8, 4) is 0 Å². The van der Waals surface area contributed by atoms with E-state index < -0.39 is 28.7 Å². The monoisotopic (exact) mass is 366 g/mol. The normalized spacial score (nSPS) is 12.4. The fraction of sp³-hybridized carbons (Fsp3) is 0.533. The minimum absolute atomic E-state index is 0.0990. The number of carbonyl (C=O) groups excluding carboxylic acids is 1. The molecule has 0 aliphatic heterocycles. The number of alkyl halides is 3. The number of halogens is 3. The molecule has 0 saturated heterocycles. The third-order valence-corrected chi connectivity index (χ3v) is 5.46. The second kappa shape index (κ2) is 8.48. The van der Waals surface area contributed by atoms with Gasteiger partial charge in [-0.25, -0.2) is 8.42 Å². The second-order valence-electron chi connectivity index (χ2n) is 5.13. The number of benzene rings is 1. The molecule has 136 valence electrons. The largest absolute Gasteiger partial charge is 0.405 e. The predicted molar refractivity (Wildman–Crippen MR) is 83.9 cm³/mol. The quantitative estimate of drug-likeness (QED) is 0.768. The van der Waals surface area contributed by atoms with Gasteiger partial charge in [-0.05, 0) is 24.1 Å². The van der Waals surface area contributed by atoms with Crippen LogP contribution in [0.3, 0.4) is 0 Å². The van der Waals surface area contributed by atoms with Crippen LogP contribution in [0.4, 0.5) is 13.2 Å². The summed E-state index contributed by atoms with van der Waals surface area (Å²) in [5.41, 5.74) is 0.677. The van der Waals surface area contributed by atoms with Gasteiger partial charge in [-0.15, -0.1) is 0 Å². The first-order valence-corrected chi connectivity index (χ1v) is 8.96. The van der Waals surface area contributed by atoms with E-state index in [4.69, 9.17) is 0 Å². The lowest BCUT2D eigenvalue weighted by molar-refractivity contribution is -0.138. The molecule has 1 amide bonds. The maximum atomic E-state index is 12.3. The summed E-state index contributed by atoms with van der Waals surface area (Å²) in [5, 5.41) is 1.79. The average Bonchev–Trinajstić information content (AvgIpc) is 2.51. The molecule has 1 N–H and O–H groups in total. The number of carbonyl (C=O) groups is 1. The summed E-state index contributed by atoms with van der Waals surface area (Å²) in [6.07, 6.45) is -4.30. The lowest BCUT2D eigenvalue weighted by Crippen LogP contribution is -2.33. The van der Waals surface area contributed by atoms with E-state index in [0.717, 1.165) is 0 Å². The van der Waals surface area contributed by atoms with Gasteiger partial charge in [0.2, 0.25) is 15.9 Å². The summed E-state index contributed by atoms with van der Waals surface area (Å²) < 4.78 is 61.9. The van der Waals surface area contributed by atoms with Crippen LogP contribution >= 0.6 is 0 Å². The molecular formula is C15H21F3N2O3S. The molecule has 0 fully saturated rings. The van der Waals surface area contributed by atoms with Crippen molar-refractivity contribution in [2.45, 2.75) is 37.8 Å². The molecule has 1 rings (SSSR count). The van der Waals surface area contributed by atoms with Crippen molar-refractivity contribution in [3.63, 3.8) is 0 Å². The Balaban J connectivity index is 2.64. The molecule has 0 bridgehead atoms. The SMILES string of the molecule is CCN(CC)S(=O)(=O)c1ccc(CCC(=O)NCC(F)(F)F)cc1. The molecule has 0 aromatic heterocycles. The van der Waals surface area contributed by atoms with Gasteiger partial charge in [-0.2, -0.15) is 17.5 Å².